The van der Waals surface area contributed by atoms with Crippen molar-refractivity contribution in [1.29, 1.82) is 0 Å². The molecule has 3 aromatic carbocycles. The van der Waals surface area contributed by atoms with Gasteiger partial charge < -0.3 is 4.74 Å². The zero-order valence-corrected chi connectivity index (χ0v) is 17.7. The Labute approximate surface area is 171 Å². The fraction of sp³-hybridized carbons (Fsp3) is 0.280. The number of rotatable bonds is 3. The van der Waals surface area contributed by atoms with Crippen LogP contribution in [0.15, 0.2) is 54.6 Å². The Kier molecular flexibility index (Phi) is 7.12. The van der Waals surface area contributed by atoms with Crippen LogP contribution in [0.3, 0.4) is 0 Å². The molecule has 0 saturated heterocycles. The van der Waals surface area contributed by atoms with Gasteiger partial charge in [-0.15, -0.1) is 13.2 Å². The summed E-state index contributed by atoms with van der Waals surface area (Å²) in [5, 5.41) is 0. The van der Waals surface area contributed by atoms with Crippen molar-refractivity contribution >= 4 is 0 Å². The lowest BCUT2D eigenvalue weighted by Crippen LogP contribution is -2.16. The zero-order valence-electron chi connectivity index (χ0n) is 17.7. The summed E-state index contributed by atoms with van der Waals surface area (Å²) in [6.07, 6.45) is -4.68. The number of benzene rings is 3. The van der Waals surface area contributed by atoms with Gasteiger partial charge in [-0.3, -0.25) is 0 Å². The molecule has 0 aliphatic heterocycles. The minimum Gasteiger partial charge on any atom is -0.406 e. The van der Waals surface area contributed by atoms with Crippen LogP contribution in [0, 0.1) is 27.7 Å². The molecule has 3 aromatic rings. The van der Waals surface area contributed by atoms with Crippen molar-refractivity contribution < 1.29 is 17.9 Å². The SMILES string of the molecule is CC.Cc1ccc(-c2ccc(-c3ccc(OC(F)(F)F)cc3)c(C)c2C)cc1C. The zero-order chi connectivity index (χ0) is 21.8. The van der Waals surface area contributed by atoms with E-state index in [1.54, 1.807) is 12.1 Å². The highest BCUT2D eigenvalue weighted by molar-refractivity contribution is 5.77. The molecule has 0 aliphatic rings. The fourth-order valence-electron chi connectivity index (χ4n) is 3.19. The molecule has 3 rings (SSSR count). The minimum atomic E-state index is -4.68. The van der Waals surface area contributed by atoms with Crippen LogP contribution in [-0.4, -0.2) is 6.36 Å². The summed E-state index contributed by atoms with van der Waals surface area (Å²) >= 11 is 0. The maximum Gasteiger partial charge on any atom is 0.573 e. The number of aryl methyl sites for hydroxylation is 2. The van der Waals surface area contributed by atoms with Gasteiger partial charge in [0.1, 0.15) is 5.75 Å². The average Bonchev–Trinajstić information content (AvgIpc) is 2.67. The Hall–Kier alpha value is -2.75. The Morgan fingerprint density at radius 2 is 1.10 bits per heavy atom. The number of ether oxygens (including phenoxy) is 1. The van der Waals surface area contributed by atoms with Crippen LogP contribution in [0.5, 0.6) is 5.75 Å². The topological polar surface area (TPSA) is 9.23 Å². The van der Waals surface area contributed by atoms with E-state index in [0.717, 1.165) is 27.8 Å². The van der Waals surface area contributed by atoms with E-state index in [0.29, 0.717) is 0 Å². The third-order valence-electron chi connectivity index (χ3n) is 5.00. The van der Waals surface area contributed by atoms with Gasteiger partial charge >= 0.3 is 6.36 Å². The summed E-state index contributed by atoms with van der Waals surface area (Å²) in [6, 6.07) is 16.5. The van der Waals surface area contributed by atoms with Gasteiger partial charge in [-0.2, -0.15) is 0 Å². The quantitative estimate of drug-likeness (QED) is 0.431. The maximum absolute atomic E-state index is 12.3. The van der Waals surface area contributed by atoms with Gasteiger partial charge in [-0.1, -0.05) is 56.3 Å². The maximum atomic E-state index is 12.3. The molecule has 0 saturated carbocycles. The van der Waals surface area contributed by atoms with Crippen LogP contribution in [0.25, 0.3) is 22.3 Å². The summed E-state index contributed by atoms with van der Waals surface area (Å²) in [4.78, 5) is 0. The first-order chi connectivity index (χ1) is 13.7. The Balaban J connectivity index is 0.00000145. The average molecular weight is 400 g/mol. The molecular formula is C25H27F3O. The van der Waals surface area contributed by atoms with Gasteiger partial charge in [0.2, 0.25) is 0 Å². The lowest BCUT2D eigenvalue weighted by Gasteiger charge is -2.15. The lowest BCUT2D eigenvalue weighted by molar-refractivity contribution is -0.274. The summed E-state index contributed by atoms with van der Waals surface area (Å²) in [5.41, 5.74) is 8.95. The summed E-state index contributed by atoms with van der Waals surface area (Å²) in [5.74, 6) is -0.215. The minimum absolute atomic E-state index is 0.215. The van der Waals surface area contributed by atoms with Crippen molar-refractivity contribution in [3.8, 4) is 28.0 Å². The first-order valence-electron chi connectivity index (χ1n) is 9.70. The molecule has 0 atom stereocenters. The third kappa shape index (κ3) is 5.41. The standard InChI is InChI=1S/C23H21F3O.C2H6/c1-14-5-6-19(13-15(14)2)22-12-11-21(16(3)17(22)4)18-7-9-20(10-8-18)27-23(24,25)26;1-2/h5-13H,1-4H3;1-2H3. The molecule has 4 heteroatoms. The molecule has 0 radical (unpaired) electrons. The molecule has 154 valence electrons. The van der Waals surface area contributed by atoms with Crippen molar-refractivity contribution in [1.82, 2.24) is 0 Å². The number of hydrogen-bond acceptors (Lipinski definition) is 1. The molecule has 0 heterocycles. The van der Waals surface area contributed by atoms with Crippen molar-refractivity contribution in [2.24, 2.45) is 0 Å². The van der Waals surface area contributed by atoms with E-state index in [9.17, 15) is 13.2 Å². The molecule has 0 aromatic heterocycles. The molecule has 29 heavy (non-hydrogen) atoms. The van der Waals surface area contributed by atoms with E-state index in [1.807, 2.05) is 26.8 Å². The van der Waals surface area contributed by atoms with Crippen molar-refractivity contribution in [3.63, 3.8) is 0 Å². The second-order valence-corrected chi connectivity index (χ2v) is 6.78. The molecule has 0 bridgehead atoms. The Bertz CT molecular complexity index is 971. The van der Waals surface area contributed by atoms with E-state index in [4.69, 9.17) is 0 Å². The molecule has 0 spiro atoms. The van der Waals surface area contributed by atoms with E-state index >= 15 is 0 Å². The van der Waals surface area contributed by atoms with Crippen LogP contribution >= 0.6 is 0 Å². The van der Waals surface area contributed by atoms with E-state index < -0.39 is 6.36 Å². The molecule has 0 aliphatic carbocycles. The van der Waals surface area contributed by atoms with Crippen LogP contribution in [0.2, 0.25) is 0 Å². The van der Waals surface area contributed by atoms with Crippen molar-refractivity contribution in [2.75, 3.05) is 0 Å². The third-order valence-corrected chi connectivity index (χ3v) is 5.00. The Morgan fingerprint density at radius 3 is 1.59 bits per heavy atom. The van der Waals surface area contributed by atoms with E-state index in [2.05, 4.69) is 49.8 Å². The van der Waals surface area contributed by atoms with E-state index in [1.165, 1.54) is 28.8 Å². The van der Waals surface area contributed by atoms with Gasteiger partial charge in [0.05, 0.1) is 0 Å². The number of halogens is 3. The van der Waals surface area contributed by atoms with Gasteiger partial charge in [0.15, 0.2) is 0 Å². The predicted octanol–water partition coefficient (Wildman–Crippen LogP) is 8.18. The second kappa shape index (κ2) is 9.17. The predicted molar refractivity (Wildman–Crippen MR) is 114 cm³/mol. The molecular weight excluding hydrogens is 373 g/mol. The highest BCUT2D eigenvalue weighted by Crippen LogP contribution is 2.34. The van der Waals surface area contributed by atoms with Gasteiger partial charge in [-0.05, 0) is 84.3 Å². The number of alkyl halides is 3. The molecule has 0 N–H and O–H groups in total. The van der Waals surface area contributed by atoms with Crippen LogP contribution < -0.4 is 4.74 Å². The van der Waals surface area contributed by atoms with Gasteiger partial charge in [0, 0.05) is 0 Å². The first kappa shape index (κ1) is 22.5. The molecule has 0 unspecified atom stereocenters. The van der Waals surface area contributed by atoms with Crippen molar-refractivity contribution in [2.45, 2.75) is 47.9 Å². The summed E-state index contributed by atoms with van der Waals surface area (Å²) in [7, 11) is 0. The van der Waals surface area contributed by atoms with Crippen LogP contribution in [-0.2, 0) is 0 Å². The van der Waals surface area contributed by atoms with Crippen LogP contribution in [0.1, 0.15) is 36.1 Å². The summed E-state index contributed by atoms with van der Waals surface area (Å²) < 4.78 is 40.9. The first-order valence-corrected chi connectivity index (χ1v) is 9.70. The van der Waals surface area contributed by atoms with Gasteiger partial charge in [0.25, 0.3) is 0 Å². The molecule has 1 nitrogen and oxygen atoms in total. The number of hydrogen-bond donors (Lipinski definition) is 0. The highest BCUT2D eigenvalue weighted by Gasteiger charge is 2.31. The normalized spacial score (nSPS) is 10.9. The van der Waals surface area contributed by atoms with Crippen LogP contribution in [0.4, 0.5) is 13.2 Å². The largest absolute Gasteiger partial charge is 0.573 e. The molecule has 0 amide bonds. The fourth-order valence-corrected chi connectivity index (χ4v) is 3.19. The highest BCUT2D eigenvalue weighted by atomic mass is 19.4. The summed E-state index contributed by atoms with van der Waals surface area (Å²) in [6.45, 7) is 12.3. The smallest absolute Gasteiger partial charge is 0.406 e. The molecule has 0 fully saturated rings. The van der Waals surface area contributed by atoms with E-state index in [-0.39, 0.29) is 5.75 Å². The second-order valence-electron chi connectivity index (χ2n) is 6.78. The Morgan fingerprint density at radius 1 is 0.621 bits per heavy atom. The monoisotopic (exact) mass is 400 g/mol. The lowest BCUT2D eigenvalue weighted by atomic mass is 9.90. The van der Waals surface area contributed by atoms with Gasteiger partial charge in [-0.25, -0.2) is 0 Å². The van der Waals surface area contributed by atoms with Crippen molar-refractivity contribution in [3.05, 3.63) is 76.9 Å².